The number of ether oxygens (including phenoxy) is 1. The lowest BCUT2D eigenvalue weighted by atomic mass is 10.1. The molecule has 0 radical (unpaired) electrons. The van der Waals surface area contributed by atoms with Crippen molar-refractivity contribution < 1.29 is 18.7 Å². The molecule has 0 saturated heterocycles. The monoisotopic (exact) mass is 319 g/mol. The number of carbonyl (C=O) groups excluding carboxylic acids is 2. The van der Waals surface area contributed by atoms with Gasteiger partial charge in [0.25, 0.3) is 5.56 Å². The summed E-state index contributed by atoms with van der Waals surface area (Å²) in [5.74, 6) is -1.69. The first kappa shape index (κ1) is 16.3. The van der Waals surface area contributed by atoms with Crippen LogP contribution >= 0.6 is 0 Å². The average Bonchev–Trinajstić information content (AvgIpc) is 2.55. The van der Waals surface area contributed by atoms with E-state index in [2.05, 4.69) is 15.2 Å². The van der Waals surface area contributed by atoms with Crippen LogP contribution in [0.5, 0.6) is 0 Å². The van der Waals surface area contributed by atoms with Crippen molar-refractivity contribution in [2.75, 3.05) is 13.7 Å². The lowest BCUT2D eigenvalue weighted by Gasteiger charge is -2.08. The third kappa shape index (κ3) is 4.22. The molecule has 0 fully saturated rings. The molecule has 0 aliphatic rings. The third-order valence-corrected chi connectivity index (χ3v) is 2.97. The zero-order valence-corrected chi connectivity index (χ0v) is 12.3. The van der Waals surface area contributed by atoms with E-state index in [1.807, 2.05) is 0 Å². The number of amides is 1. The van der Waals surface area contributed by atoms with Gasteiger partial charge in [-0.2, -0.15) is 5.10 Å². The van der Waals surface area contributed by atoms with Crippen molar-refractivity contribution >= 4 is 11.9 Å². The van der Waals surface area contributed by atoms with Gasteiger partial charge in [0.05, 0.1) is 12.8 Å². The predicted molar refractivity (Wildman–Crippen MR) is 78.9 cm³/mol. The number of esters is 1. The summed E-state index contributed by atoms with van der Waals surface area (Å²) in [5.41, 5.74) is -0.0713. The molecule has 23 heavy (non-hydrogen) atoms. The summed E-state index contributed by atoms with van der Waals surface area (Å²) in [5, 5.41) is 6.27. The highest BCUT2D eigenvalue weighted by Crippen LogP contribution is 2.18. The number of hydrogen-bond acceptors (Lipinski definition) is 5. The second kappa shape index (κ2) is 7.30. The van der Waals surface area contributed by atoms with Crippen LogP contribution in [0.1, 0.15) is 0 Å². The molecule has 2 aromatic rings. The molecular formula is C15H14FN3O4. The van der Waals surface area contributed by atoms with E-state index in [9.17, 15) is 18.8 Å². The van der Waals surface area contributed by atoms with Crippen LogP contribution in [-0.4, -0.2) is 35.3 Å². The van der Waals surface area contributed by atoms with Crippen LogP contribution in [0.2, 0.25) is 0 Å². The Morgan fingerprint density at radius 1 is 1.26 bits per heavy atom. The molecular weight excluding hydrogens is 305 g/mol. The largest absolute Gasteiger partial charge is 0.468 e. The van der Waals surface area contributed by atoms with E-state index in [1.54, 1.807) is 6.07 Å². The number of benzene rings is 1. The number of nitrogens with zero attached hydrogens (tertiary/aromatic N) is 2. The van der Waals surface area contributed by atoms with E-state index >= 15 is 0 Å². The first-order valence-electron chi connectivity index (χ1n) is 6.68. The molecule has 0 saturated carbocycles. The van der Waals surface area contributed by atoms with Gasteiger partial charge in [-0.3, -0.25) is 14.4 Å². The van der Waals surface area contributed by atoms with Crippen molar-refractivity contribution in [2.24, 2.45) is 0 Å². The normalized spacial score (nSPS) is 10.2. The van der Waals surface area contributed by atoms with Crippen molar-refractivity contribution in [3.05, 3.63) is 52.6 Å². The molecule has 2 rings (SSSR count). The van der Waals surface area contributed by atoms with Gasteiger partial charge in [-0.1, -0.05) is 12.1 Å². The zero-order chi connectivity index (χ0) is 16.8. The van der Waals surface area contributed by atoms with Gasteiger partial charge in [0, 0.05) is 11.6 Å². The van der Waals surface area contributed by atoms with E-state index in [-0.39, 0.29) is 17.8 Å². The summed E-state index contributed by atoms with van der Waals surface area (Å²) in [7, 11) is 1.19. The fraction of sp³-hybridized carbons (Fsp3) is 0.200. The second-order valence-electron chi connectivity index (χ2n) is 4.55. The number of nitrogens with one attached hydrogen (secondary N) is 1. The zero-order valence-electron chi connectivity index (χ0n) is 12.3. The number of hydrogen-bond donors (Lipinski definition) is 1. The molecule has 1 amide bonds. The maximum atomic E-state index is 13.8. The first-order chi connectivity index (χ1) is 11.0. The van der Waals surface area contributed by atoms with Crippen LogP contribution in [0.25, 0.3) is 11.3 Å². The van der Waals surface area contributed by atoms with E-state index in [0.29, 0.717) is 0 Å². The Bertz CT molecular complexity index is 788. The molecule has 120 valence electrons. The quantitative estimate of drug-likeness (QED) is 0.803. The number of carbonyl (C=O) groups is 2. The molecule has 8 heteroatoms. The summed E-state index contributed by atoms with van der Waals surface area (Å²) in [6.07, 6.45) is 0. The van der Waals surface area contributed by atoms with Crippen LogP contribution in [0.3, 0.4) is 0 Å². The Balaban J connectivity index is 2.18. The molecule has 0 spiro atoms. The van der Waals surface area contributed by atoms with Crippen LogP contribution in [-0.2, 0) is 20.9 Å². The predicted octanol–water partition coefficient (Wildman–Crippen LogP) is 0.339. The number of rotatable bonds is 5. The topological polar surface area (TPSA) is 90.3 Å². The third-order valence-electron chi connectivity index (χ3n) is 2.97. The summed E-state index contributed by atoms with van der Waals surface area (Å²) >= 11 is 0. The fourth-order valence-corrected chi connectivity index (χ4v) is 1.81. The van der Waals surface area contributed by atoms with E-state index < -0.39 is 29.8 Å². The van der Waals surface area contributed by atoms with Crippen LogP contribution in [0, 0.1) is 5.82 Å². The van der Waals surface area contributed by atoms with Gasteiger partial charge < -0.3 is 10.1 Å². The van der Waals surface area contributed by atoms with Crippen molar-refractivity contribution in [1.82, 2.24) is 15.1 Å². The van der Waals surface area contributed by atoms with Crippen LogP contribution in [0.15, 0.2) is 41.2 Å². The van der Waals surface area contributed by atoms with Crippen molar-refractivity contribution in [3.63, 3.8) is 0 Å². The molecule has 1 N–H and O–H groups in total. The van der Waals surface area contributed by atoms with Crippen LogP contribution in [0.4, 0.5) is 4.39 Å². The van der Waals surface area contributed by atoms with Gasteiger partial charge in [0.1, 0.15) is 18.9 Å². The van der Waals surface area contributed by atoms with E-state index in [0.717, 1.165) is 4.68 Å². The summed E-state index contributed by atoms with van der Waals surface area (Å²) < 4.78 is 19.0. The van der Waals surface area contributed by atoms with Gasteiger partial charge >= 0.3 is 5.97 Å². The Morgan fingerprint density at radius 3 is 2.70 bits per heavy atom. The molecule has 1 aromatic heterocycles. The second-order valence-corrected chi connectivity index (χ2v) is 4.55. The summed E-state index contributed by atoms with van der Waals surface area (Å²) in [6, 6.07) is 8.54. The minimum absolute atomic E-state index is 0.219. The number of aromatic nitrogens is 2. The maximum Gasteiger partial charge on any atom is 0.325 e. The lowest BCUT2D eigenvalue weighted by Crippen LogP contribution is -2.36. The van der Waals surface area contributed by atoms with Gasteiger partial charge in [0.2, 0.25) is 5.91 Å². The average molecular weight is 319 g/mol. The van der Waals surface area contributed by atoms with Gasteiger partial charge in [-0.15, -0.1) is 0 Å². The van der Waals surface area contributed by atoms with E-state index in [1.165, 1.54) is 37.4 Å². The Kier molecular flexibility index (Phi) is 5.19. The first-order valence-corrected chi connectivity index (χ1v) is 6.68. The van der Waals surface area contributed by atoms with Crippen LogP contribution < -0.4 is 10.9 Å². The molecule has 1 heterocycles. The number of halogens is 1. The highest BCUT2D eigenvalue weighted by molar-refractivity contribution is 5.81. The highest BCUT2D eigenvalue weighted by atomic mass is 19.1. The molecule has 0 aliphatic heterocycles. The Hall–Kier alpha value is -3.03. The molecule has 7 nitrogen and oxygen atoms in total. The standard InChI is InChI=1S/C15H14FN3O4/c1-23-15(22)8-17-13(20)9-19-14(21)7-6-12(18-19)10-4-2-3-5-11(10)16/h2-7H,8-9H2,1H3,(H,17,20). The van der Waals surface area contributed by atoms with Crippen molar-refractivity contribution in [2.45, 2.75) is 6.54 Å². The molecule has 0 aliphatic carbocycles. The molecule has 0 bridgehead atoms. The SMILES string of the molecule is COC(=O)CNC(=O)Cn1nc(-c2ccccc2F)ccc1=O. The molecule has 1 aromatic carbocycles. The summed E-state index contributed by atoms with van der Waals surface area (Å²) in [4.78, 5) is 34.4. The Morgan fingerprint density at radius 2 is 2.00 bits per heavy atom. The minimum Gasteiger partial charge on any atom is -0.468 e. The van der Waals surface area contributed by atoms with Gasteiger partial charge in [-0.25, -0.2) is 9.07 Å². The number of methoxy groups -OCH3 is 1. The summed E-state index contributed by atoms with van der Waals surface area (Å²) in [6.45, 7) is -0.699. The maximum absolute atomic E-state index is 13.8. The van der Waals surface area contributed by atoms with Gasteiger partial charge in [-0.05, 0) is 18.2 Å². The van der Waals surface area contributed by atoms with Gasteiger partial charge in [0.15, 0.2) is 0 Å². The Labute approximate surface area is 130 Å². The van der Waals surface area contributed by atoms with Crippen molar-refractivity contribution in [1.29, 1.82) is 0 Å². The lowest BCUT2D eigenvalue weighted by molar-refractivity contribution is -0.141. The smallest absolute Gasteiger partial charge is 0.325 e. The fourth-order valence-electron chi connectivity index (χ4n) is 1.81. The highest BCUT2D eigenvalue weighted by Gasteiger charge is 2.11. The van der Waals surface area contributed by atoms with E-state index in [4.69, 9.17) is 0 Å². The molecule has 0 atom stereocenters. The van der Waals surface area contributed by atoms with Crippen molar-refractivity contribution in [3.8, 4) is 11.3 Å². The molecule has 0 unspecified atom stereocenters. The minimum atomic E-state index is -0.612.